The van der Waals surface area contributed by atoms with E-state index in [1.165, 1.54) is 0 Å². The van der Waals surface area contributed by atoms with Crippen LogP contribution in [0.2, 0.25) is 0 Å². The van der Waals surface area contributed by atoms with Crippen LogP contribution < -0.4 is 5.32 Å². The molecule has 0 bridgehead atoms. The summed E-state index contributed by atoms with van der Waals surface area (Å²) in [7, 11) is 0. The van der Waals surface area contributed by atoms with E-state index in [2.05, 4.69) is 32.9 Å². The average molecular weight is 338 g/mol. The van der Waals surface area contributed by atoms with Gasteiger partial charge in [-0.05, 0) is 65.9 Å². The minimum Gasteiger partial charge on any atom is -0.322 e. The van der Waals surface area contributed by atoms with Crippen molar-refractivity contribution >= 4 is 34.2 Å². The largest absolute Gasteiger partial charge is 0.322 e. The van der Waals surface area contributed by atoms with E-state index in [1.807, 2.05) is 37.3 Å². The Hall–Kier alpha value is -1.43. The van der Waals surface area contributed by atoms with Crippen LogP contribution in [0.15, 0.2) is 42.6 Å². The van der Waals surface area contributed by atoms with Crippen LogP contribution in [0.3, 0.4) is 0 Å². The van der Waals surface area contributed by atoms with Crippen molar-refractivity contribution < 1.29 is 4.79 Å². The molecule has 0 unspecified atom stereocenters. The molecule has 2 rings (SSSR count). The van der Waals surface area contributed by atoms with Gasteiger partial charge in [-0.3, -0.25) is 9.78 Å². The Morgan fingerprint density at radius 2 is 1.94 bits per heavy atom. The second-order valence-corrected chi connectivity index (χ2v) is 4.89. The Balaban J connectivity index is 2.14. The third-order valence-electron chi connectivity index (χ3n) is 2.26. The van der Waals surface area contributed by atoms with Crippen molar-refractivity contribution in [3.63, 3.8) is 0 Å². The van der Waals surface area contributed by atoms with E-state index in [1.54, 1.807) is 12.3 Å². The molecule has 0 aliphatic rings. The van der Waals surface area contributed by atoms with Crippen LogP contribution in [-0.4, -0.2) is 10.9 Å². The summed E-state index contributed by atoms with van der Waals surface area (Å²) in [5.74, 6) is -0.105. The highest BCUT2D eigenvalue weighted by molar-refractivity contribution is 14.1. The molecule has 0 aliphatic carbocycles. The van der Waals surface area contributed by atoms with Crippen molar-refractivity contribution in [1.82, 2.24) is 4.98 Å². The molecule has 2 aromatic rings. The van der Waals surface area contributed by atoms with Gasteiger partial charge in [0.1, 0.15) is 0 Å². The predicted molar refractivity (Wildman–Crippen MR) is 76.1 cm³/mol. The topological polar surface area (TPSA) is 42.0 Å². The molecule has 1 aromatic carbocycles. The zero-order valence-corrected chi connectivity index (χ0v) is 11.4. The molecule has 3 nitrogen and oxygen atoms in total. The number of anilines is 1. The standard InChI is InChI=1S/C13H11IN2O/c1-9-8-12(6-7-15-9)16-13(17)10-2-4-11(14)5-3-10/h2-8H,1H3,(H,15,16,17). The lowest BCUT2D eigenvalue weighted by atomic mass is 10.2. The van der Waals surface area contributed by atoms with Crippen molar-refractivity contribution in [1.29, 1.82) is 0 Å². The molecule has 1 N–H and O–H groups in total. The van der Waals surface area contributed by atoms with Gasteiger partial charge in [0.25, 0.3) is 5.91 Å². The third kappa shape index (κ3) is 3.26. The van der Waals surface area contributed by atoms with E-state index >= 15 is 0 Å². The molecular formula is C13H11IN2O. The van der Waals surface area contributed by atoms with Crippen LogP contribution in [0, 0.1) is 10.5 Å². The lowest BCUT2D eigenvalue weighted by Crippen LogP contribution is -2.11. The number of aryl methyl sites for hydroxylation is 1. The van der Waals surface area contributed by atoms with E-state index in [0.29, 0.717) is 5.56 Å². The molecule has 1 amide bonds. The fourth-order valence-corrected chi connectivity index (χ4v) is 1.79. The number of nitrogens with zero attached hydrogens (tertiary/aromatic N) is 1. The van der Waals surface area contributed by atoms with Crippen molar-refractivity contribution in [2.75, 3.05) is 5.32 Å². The molecule has 86 valence electrons. The number of hydrogen-bond acceptors (Lipinski definition) is 2. The molecule has 0 spiro atoms. The van der Waals surface area contributed by atoms with Crippen molar-refractivity contribution in [2.45, 2.75) is 6.92 Å². The number of aromatic nitrogens is 1. The van der Waals surface area contributed by atoms with E-state index in [-0.39, 0.29) is 5.91 Å². The van der Waals surface area contributed by atoms with Crippen LogP contribution >= 0.6 is 22.6 Å². The van der Waals surface area contributed by atoms with E-state index < -0.39 is 0 Å². The van der Waals surface area contributed by atoms with Gasteiger partial charge in [0.05, 0.1) is 0 Å². The number of hydrogen-bond donors (Lipinski definition) is 1. The summed E-state index contributed by atoms with van der Waals surface area (Å²) in [6.07, 6.45) is 1.68. The van der Waals surface area contributed by atoms with Crippen LogP contribution in [0.25, 0.3) is 0 Å². The summed E-state index contributed by atoms with van der Waals surface area (Å²) in [5.41, 5.74) is 2.30. The van der Waals surface area contributed by atoms with Crippen LogP contribution in [-0.2, 0) is 0 Å². The molecule has 0 radical (unpaired) electrons. The molecule has 0 fully saturated rings. The normalized spacial score (nSPS) is 10.0. The molecule has 4 heteroatoms. The summed E-state index contributed by atoms with van der Waals surface area (Å²) in [6, 6.07) is 11.1. The van der Waals surface area contributed by atoms with E-state index in [0.717, 1.165) is 15.0 Å². The molecule has 0 saturated carbocycles. The monoisotopic (exact) mass is 338 g/mol. The number of carbonyl (C=O) groups excluding carboxylic acids is 1. The second kappa shape index (κ2) is 5.27. The number of nitrogens with one attached hydrogen (secondary N) is 1. The minimum absolute atomic E-state index is 0.105. The first kappa shape index (κ1) is 12.0. The van der Waals surface area contributed by atoms with Crippen LogP contribution in [0.1, 0.15) is 16.1 Å². The lowest BCUT2D eigenvalue weighted by Gasteiger charge is -2.05. The molecule has 0 saturated heterocycles. The van der Waals surface area contributed by atoms with Gasteiger partial charge in [0.2, 0.25) is 0 Å². The number of amides is 1. The summed E-state index contributed by atoms with van der Waals surface area (Å²) in [5, 5.41) is 2.84. The summed E-state index contributed by atoms with van der Waals surface area (Å²) < 4.78 is 1.11. The Morgan fingerprint density at radius 3 is 2.59 bits per heavy atom. The maximum atomic E-state index is 11.9. The third-order valence-corrected chi connectivity index (χ3v) is 2.98. The smallest absolute Gasteiger partial charge is 0.255 e. The molecular weight excluding hydrogens is 327 g/mol. The summed E-state index contributed by atoms with van der Waals surface area (Å²) in [6.45, 7) is 1.89. The highest BCUT2D eigenvalue weighted by atomic mass is 127. The fourth-order valence-electron chi connectivity index (χ4n) is 1.43. The quantitative estimate of drug-likeness (QED) is 0.854. The zero-order valence-electron chi connectivity index (χ0n) is 9.27. The van der Waals surface area contributed by atoms with Crippen LogP contribution in [0.4, 0.5) is 5.69 Å². The number of carbonyl (C=O) groups is 1. The maximum Gasteiger partial charge on any atom is 0.255 e. The maximum absolute atomic E-state index is 11.9. The Kier molecular flexibility index (Phi) is 3.73. The minimum atomic E-state index is -0.105. The fraction of sp³-hybridized carbons (Fsp3) is 0.0769. The van der Waals surface area contributed by atoms with E-state index in [9.17, 15) is 4.79 Å². The van der Waals surface area contributed by atoms with E-state index in [4.69, 9.17) is 0 Å². The van der Waals surface area contributed by atoms with Gasteiger partial charge < -0.3 is 5.32 Å². The molecule has 0 aliphatic heterocycles. The highest BCUT2D eigenvalue weighted by Crippen LogP contribution is 2.11. The first-order chi connectivity index (χ1) is 8.15. The van der Waals surface area contributed by atoms with Gasteiger partial charge in [-0.2, -0.15) is 0 Å². The lowest BCUT2D eigenvalue weighted by molar-refractivity contribution is 0.102. The number of benzene rings is 1. The average Bonchev–Trinajstić information content (AvgIpc) is 2.29. The van der Waals surface area contributed by atoms with Gasteiger partial charge in [-0.25, -0.2) is 0 Å². The SMILES string of the molecule is Cc1cc(NC(=O)c2ccc(I)cc2)ccn1. The first-order valence-corrected chi connectivity index (χ1v) is 6.22. The zero-order chi connectivity index (χ0) is 12.3. The summed E-state index contributed by atoms with van der Waals surface area (Å²) in [4.78, 5) is 16.0. The molecule has 1 heterocycles. The Bertz CT molecular complexity index is 537. The predicted octanol–water partition coefficient (Wildman–Crippen LogP) is 3.25. The highest BCUT2D eigenvalue weighted by Gasteiger charge is 2.05. The van der Waals surface area contributed by atoms with Gasteiger partial charge in [-0.15, -0.1) is 0 Å². The van der Waals surface area contributed by atoms with Crippen LogP contribution in [0.5, 0.6) is 0 Å². The van der Waals surface area contributed by atoms with Crippen molar-refractivity contribution in [3.8, 4) is 0 Å². The van der Waals surface area contributed by atoms with Gasteiger partial charge in [0, 0.05) is 26.7 Å². The Morgan fingerprint density at radius 1 is 1.24 bits per heavy atom. The van der Waals surface area contributed by atoms with Gasteiger partial charge in [-0.1, -0.05) is 0 Å². The number of halogens is 1. The van der Waals surface area contributed by atoms with Gasteiger partial charge >= 0.3 is 0 Å². The first-order valence-electron chi connectivity index (χ1n) is 5.15. The molecule has 17 heavy (non-hydrogen) atoms. The number of pyridine rings is 1. The Labute approximate surface area is 113 Å². The van der Waals surface area contributed by atoms with Gasteiger partial charge in [0.15, 0.2) is 0 Å². The van der Waals surface area contributed by atoms with Crippen molar-refractivity contribution in [2.24, 2.45) is 0 Å². The number of rotatable bonds is 2. The second-order valence-electron chi connectivity index (χ2n) is 3.65. The molecule has 1 aromatic heterocycles. The summed E-state index contributed by atoms with van der Waals surface area (Å²) >= 11 is 2.21. The molecule has 0 atom stereocenters. The van der Waals surface area contributed by atoms with Crippen molar-refractivity contribution in [3.05, 3.63) is 57.4 Å².